The molecule has 1 amide bonds. The molecule has 0 aliphatic carbocycles. The highest BCUT2D eigenvalue weighted by Gasteiger charge is 2.25. The quantitative estimate of drug-likeness (QED) is 0.839. The van der Waals surface area contributed by atoms with Crippen molar-refractivity contribution in [1.29, 1.82) is 0 Å². The summed E-state index contributed by atoms with van der Waals surface area (Å²) in [6.07, 6.45) is 4.44. The van der Waals surface area contributed by atoms with Crippen LogP contribution in [0.4, 0.5) is 10.7 Å². The number of nitrogens with two attached hydrogens (primary N) is 1. The van der Waals surface area contributed by atoms with Crippen LogP contribution >= 0.6 is 23.1 Å². The number of thiophene rings is 1. The molecule has 0 atom stereocenters. The molecule has 112 valence electrons. The van der Waals surface area contributed by atoms with E-state index in [2.05, 4.69) is 17.1 Å². The molecule has 0 unspecified atom stereocenters. The van der Waals surface area contributed by atoms with Crippen LogP contribution in [0, 0.1) is 5.92 Å². The summed E-state index contributed by atoms with van der Waals surface area (Å²) in [5, 5.41) is 4.01. The van der Waals surface area contributed by atoms with Gasteiger partial charge in [-0.25, -0.2) is 0 Å². The highest BCUT2D eigenvalue weighted by Crippen LogP contribution is 2.44. The third-order valence-corrected chi connectivity index (χ3v) is 5.92. The topological polar surface area (TPSA) is 58.4 Å². The largest absolute Gasteiger partial charge is 0.396 e. The van der Waals surface area contributed by atoms with Gasteiger partial charge in [-0.15, -0.1) is 23.1 Å². The van der Waals surface area contributed by atoms with E-state index in [1.807, 2.05) is 13.2 Å². The van der Waals surface area contributed by atoms with E-state index in [4.69, 9.17) is 5.73 Å². The molecule has 1 saturated heterocycles. The summed E-state index contributed by atoms with van der Waals surface area (Å²) in [7, 11) is 0. The number of nitrogens with zero attached hydrogens (tertiary/aromatic N) is 1. The van der Waals surface area contributed by atoms with E-state index in [-0.39, 0.29) is 5.91 Å². The van der Waals surface area contributed by atoms with Crippen LogP contribution in [0.15, 0.2) is 4.90 Å². The zero-order valence-corrected chi connectivity index (χ0v) is 14.0. The molecule has 2 rings (SSSR count). The van der Waals surface area contributed by atoms with Crippen molar-refractivity contribution in [3.05, 3.63) is 4.88 Å². The molecule has 1 aliphatic heterocycles. The Kier molecular flexibility index (Phi) is 5.21. The molecule has 1 aliphatic rings. The van der Waals surface area contributed by atoms with Crippen molar-refractivity contribution in [1.82, 2.24) is 5.32 Å². The van der Waals surface area contributed by atoms with E-state index in [9.17, 15) is 4.79 Å². The second-order valence-corrected chi connectivity index (χ2v) is 7.03. The lowest BCUT2D eigenvalue weighted by atomic mass is 9.99. The SMILES string of the molecule is CCNC(=O)c1sc(N2CCC(C)CC2)c(SC)c1N. The van der Waals surface area contributed by atoms with E-state index in [0.29, 0.717) is 17.1 Å². The van der Waals surface area contributed by atoms with Gasteiger partial charge in [-0.1, -0.05) is 6.92 Å². The van der Waals surface area contributed by atoms with Gasteiger partial charge in [0.05, 0.1) is 10.6 Å². The zero-order chi connectivity index (χ0) is 14.7. The summed E-state index contributed by atoms with van der Waals surface area (Å²) in [5.74, 6) is 0.742. The average molecular weight is 313 g/mol. The Morgan fingerprint density at radius 1 is 1.50 bits per heavy atom. The molecule has 2 heterocycles. The van der Waals surface area contributed by atoms with Crippen LogP contribution in [-0.4, -0.2) is 31.8 Å². The maximum Gasteiger partial charge on any atom is 0.263 e. The maximum absolute atomic E-state index is 12.1. The van der Waals surface area contributed by atoms with E-state index in [0.717, 1.165) is 23.9 Å². The molecule has 6 heteroatoms. The Balaban J connectivity index is 2.28. The lowest BCUT2D eigenvalue weighted by Gasteiger charge is -2.31. The lowest BCUT2D eigenvalue weighted by molar-refractivity contribution is 0.0960. The molecule has 1 aromatic heterocycles. The van der Waals surface area contributed by atoms with Gasteiger partial charge in [0.1, 0.15) is 9.88 Å². The van der Waals surface area contributed by atoms with Crippen molar-refractivity contribution in [2.45, 2.75) is 31.6 Å². The maximum atomic E-state index is 12.1. The fourth-order valence-corrected chi connectivity index (χ4v) is 4.59. The minimum absolute atomic E-state index is 0.0538. The Morgan fingerprint density at radius 2 is 2.15 bits per heavy atom. The normalized spacial score (nSPS) is 16.4. The van der Waals surface area contributed by atoms with Gasteiger partial charge in [0.25, 0.3) is 5.91 Å². The van der Waals surface area contributed by atoms with Gasteiger partial charge >= 0.3 is 0 Å². The molecule has 3 N–H and O–H groups in total. The van der Waals surface area contributed by atoms with Crippen LogP contribution in [0.1, 0.15) is 36.4 Å². The van der Waals surface area contributed by atoms with E-state index < -0.39 is 0 Å². The third kappa shape index (κ3) is 3.06. The second-order valence-electron chi connectivity index (χ2n) is 5.21. The molecule has 0 aromatic carbocycles. The van der Waals surface area contributed by atoms with Crippen molar-refractivity contribution >= 4 is 39.7 Å². The molecule has 1 aromatic rings. The summed E-state index contributed by atoms with van der Waals surface area (Å²) in [6.45, 7) is 6.97. The molecular weight excluding hydrogens is 290 g/mol. The van der Waals surface area contributed by atoms with E-state index in [1.165, 1.54) is 29.2 Å². The fraction of sp³-hybridized carbons (Fsp3) is 0.643. The Hall–Kier alpha value is -0.880. The number of nitrogens with one attached hydrogen (secondary N) is 1. The van der Waals surface area contributed by atoms with Crippen LogP contribution in [0.3, 0.4) is 0 Å². The lowest BCUT2D eigenvalue weighted by Crippen LogP contribution is -2.32. The van der Waals surface area contributed by atoms with Gasteiger partial charge in [-0.05, 0) is 31.9 Å². The van der Waals surface area contributed by atoms with Gasteiger partial charge in [0.2, 0.25) is 0 Å². The number of rotatable bonds is 4. The molecule has 20 heavy (non-hydrogen) atoms. The minimum atomic E-state index is -0.0538. The first-order valence-corrected chi connectivity index (χ1v) is 9.12. The van der Waals surface area contributed by atoms with Crippen molar-refractivity contribution in [3.63, 3.8) is 0 Å². The highest BCUT2D eigenvalue weighted by molar-refractivity contribution is 7.99. The van der Waals surface area contributed by atoms with Gasteiger partial charge in [-0.3, -0.25) is 4.79 Å². The predicted octanol–water partition coefficient (Wildman–Crippen LogP) is 3.04. The number of anilines is 2. The summed E-state index contributed by atoms with van der Waals surface area (Å²) in [4.78, 5) is 16.2. The number of hydrogen-bond acceptors (Lipinski definition) is 5. The number of carbonyl (C=O) groups excluding carboxylic acids is 1. The highest BCUT2D eigenvalue weighted by atomic mass is 32.2. The first kappa shape index (κ1) is 15.5. The summed E-state index contributed by atoms with van der Waals surface area (Å²) >= 11 is 3.17. The first-order valence-electron chi connectivity index (χ1n) is 7.07. The Labute approximate surface area is 129 Å². The predicted molar refractivity (Wildman–Crippen MR) is 89.1 cm³/mol. The molecule has 0 saturated carbocycles. The Morgan fingerprint density at radius 3 is 2.70 bits per heavy atom. The molecule has 0 radical (unpaired) electrons. The summed E-state index contributed by atoms with van der Waals surface area (Å²) in [5.41, 5.74) is 6.82. The zero-order valence-electron chi connectivity index (χ0n) is 12.4. The second kappa shape index (κ2) is 6.72. The number of piperidine rings is 1. The van der Waals surface area contributed by atoms with Crippen LogP contribution in [-0.2, 0) is 0 Å². The average Bonchev–Trinajstić information content (AvgIpc) is 2.77. The number of carbonyl (C=O) groups is 1. The third-order valence-electron chi connectivity index (χ3n) is 3.70. The van der Waals surface area contributed by atoms with Gasteiger partial charge < -0.3 is 16.0 Å². The van der Waals surface area contributed by atoms with Crippen molar-refractivity contribution < 1.29 is 4.79 Å². The van der Waals surface area contributed by atoms with Crippen molar-refractivity contribution in [2.24, 2.45) is 5.92 Å². The molecule has 4 nitrogen and oxygen atoms in total. The molecule has 0 bridgehead atoms. The molecule has 1 fully saturated rings. The van der Waals surface area contributed by atoms with Crippen LogP contribution in [0.5, 0.6) is 0 Å². The minimum Gasteiger partial charge on any atom is -0.396 e. The van der Waals surface area contributed by atoms with Crippen molar-refractivity contribution in [2.75, 3.05) is 36.5 Å². The number of hydrogen-bond donors (Lipinski definition) is 2. The van der Waals surface area contributed by atoms with E-state index >= 15 is 0 Å². The van der Waals surface area contributed by atoms with Crippen LogP contribution < -0.4 is 16.0 Å². The Bertz CT molecular complexity index is 479. The summed E-state index contributed by atoms with van der Waals surface area (Å²) in [6, 6.07) is 0. The van der Waals surface area contributed by atoms with Gasteiger partial charge in [-0.2, -0.15) is 0 Å². The molecule has 0 spiro atoms. The fourth-order valence-electron chi connectivity index (χ4n) is 2.44. The van der Waals surface area contributed by atoms with Crippen LogP contribution in [0.25, 0.3) is 0 Å². The monoisotopic (exact) mass is 313 g/mol. The van der Waals surface area contributed by atoms with E-state index in [1.54, 1.807) is 11.8 Å². The number of nitrogen functional groups attached to an aromatic ring is 1. The van der Waals surface area contributed by atoms with Crippen LogP contribution in [0.2, 0.25) is 0 Å². The van der Waals surface area contributed by atoms with Gasteiger partial charge in [0.15, 0.2) is 0 Å². The molecular formula is C14H23N3OS2. The first-order chi connectivity index (χ1) is 9.58. The standard InChI is InChI=1S/C14H23N3OS2/c1-4-16-13(18)11-10(15)12(19-3)14(20-11)17-7-5-9(2)6-8-17/h9H,4-8,15H2,1-3H3,(H,16,18). The number of thioether (sulfide) groups is 1. The smallest absolute Gasteiger partial charge is 0.263 e. The van der Waals surface area contributed by atoms with Gasteiger partial charge in [0, 0.05) is 19.6 Å². The summed E-state index contributed by atoms with van der Waals surface area (Å²) < 4.78 is 0. The number of amides is 1. The van der Waals surface area contributed by atoms with Crippen molar-refractivity contribution in [3.8, 4) is 0 Å².